The number of benzene rings is 2. The van der Waals surface area contributed by atoms with Gasteiger partial charge in [0.1, 0.15) is 5.15 Å². The van der Waals surface area contributed by atoms with E-state index in [-0.39, 0.29) is 11.6 Å². The number of hydrogen-bond acceptors (Lipinski definition) is 1. The van der Waals surface area contributed by atoms with E-state index in [9.17, 15) is 13.2 Å². The molecule has 7 heteroatoms. The predicted octanol–water partition coefficient (Wildman–Crippen LogP) is 6.76. The molecule has 1 aromatic heterocycles. The van der Waals surface area contributed by atoms with Gasteiger partial charge in [0.2, 0.25) is 0 Å². The van der Waals surface area contributed by atoms with Gasteiger partial charge in [-0.1, -0.05) is 41.4 Å². The summed E-state index contributed by atoms with van der Waals surface area (Å²) in [6.45, 7) is 0. The molecule has 0 aliphatic rings. The second-order valence-electron chi connectivity index (χ2n) is 5.23. The van der Waals surface area contributed by atoms with E-state index in [1.54, 1.807) is 6.07 Å². The van der Waals surface area contributed by atoms with Crippen LogP contribution in [0.2, 0.25) is 10.2 Å². The molecule has 24 heavy (non-hydrogen) atoms. The van der Waals surface area contributed by atoms with Crippen LogP contribution in [0.3, 0.4) is 0 Å². The summed E-state index contributed by atoms with van der Waals surface area (Å²) >= 11 is 14.8. The van der Waals surface area contributed by atoms with Crippen molar-refractivity contribution in [3.05, 3.63) is 72.9 Å². The third-order valence-corrected chi connectivity index (χ3v) is 4.98. The van der Waals surface area contributed by atoms with Gasteiger partial charge in [-0.25, -0.2) is 4.98 Å². The van der Waals surface area contributed by atoms with E-state index in [4.69, 9.17) is 23.2 Å². The van der Waals surface area contributed by atoms with Crippen LogP contribution in [0.15, 0.2) is 42.5 Å². The van der Waals surface area contributed by atoms with Gasteiger partial charge in [-0.2, -0.15) is 13.2 Å². The van der Waals surface area contributed by atoms with Crippen molar-refractivity contribution < 1.29 is 13.2 Å². The number of hydrogen-bond donors (Lipinski definition) is 0. The average molecular weight is 482 g/mol. The number of alkyl halides is 3. The molecule has 124 valence electrons. The summed E-state index contributed by atoms with van der Waals surface area (Å²) in [6.07, 6.45) is -4.21. The predicted molar refractivity (Wildman–Crippen MR) is 98.7 cm³/mol. The Morgan fingerprint density at radius 1 is 1.04 bits per heavy atom. The maximum atomic E-state index is 12.9. The van der Waals surface area contributed by atoms with E-state index in [0.717, 1.165) is 21.1 Å². The van der Waals surface area contributed by atoms with Crippen molar-refractivity contribution >= 4 is 56.7 Å². The second kappa shape index (κ2) is 6.69. The number of rotatable bonds is 2. The molecular formula is C17H9Cl2F3IN. The van der Waals surface area contributed by atoms with Crippen LogP contribution in [0.25, 0.3) is 10.9 Å². The highest BCUT2D eigenvalue weighted by Crippen LogP contribution is 2.34. The fraction of sp³-hybridized carbons (Fsp3) is 0.118. The first-order chi connectivity index (χ1) is 11.3. The van der Waals surface area contributed by atoms with Crippen molar-refractivity contribution in [1.82, 2.24) is 4.98 Å². The Balaban J connectivity index is 2.07. The number of aromatic nitrogens is 1. The average Bonchev–Trinajstić information content (AvgIpc) is 2.52. The van der Waals surface area contributed by atoms with Gasteiger partial charge in [0.05, 0.1) is 16.1 Å². The molecule has 0 spiro atoms. The summed E-state index contributed by atoms with van der Waals surface area (Å²) in [5.74, 6) is 0. The lowest BCUT2D eigenvalue weighted by molar-refractivity contribution is -0.137. The molecule has 0 radical (unpaired) electrons. The number of fused-ring (bicyclic) bond motifs is 1. The van der Waals surface area contributed by atoms with Gasteiger partial charge in [0.25, 0.3) is 0 Å². The Kier molecular flexibility index (Phi) is 4.95. The molecule has 2 aromatic carbocycles. The summed E-state index contributed by atoms with van der Waals surface area (Å²) in [4.78, 5) is 4.30. The largest absolute Gasteiger partial charge is 0.416 e. The SMILES string of the molecule is FC(F)(F)c1cccc(Cc2c(Cl)nc3ccc(I)cc3c2Cl)c1. The van der Waals surface area contributed by atoms with Crippen molar-refractivity contribution in [3.8, 4) is 0 Å². The highest BCUT2D eigenvalue weighted by molar-refractivity contribution is 14.1. The standard InChI is InChI=1S/C17H9Cl2F3IN/c18-15-12-8-11(23)4-5-14(12)24-16(19)13(15)7-9-2-1-3-10(6-9)17(20,21)22/h1-6,8H,7H2. The van der Waals surface area contributed by atoms with Crippen LogP contribution in [0.5, 0.6) is 0 Å². The van der Waals surface area contributed by atoms with E-state index < -0.39 is 11.7 Å². The summed E-state index contributed by atoms with van der Waals surface area (Å²) in [5, 5.41) is 1.35. The van der Waals surface area contributed by atoms with Crippen LogP contribution in [-0.2, 0) is 12.6 Å². The molecule has 3 rings (SSSR count). The Hall–Kier alpha value is -1.05. The van der Waals surface area contributed by atoms with Crippen LogP contribution in [0, 0.1) is 3.57 Å². The fourth-order valence-corrected chi connectivity index (χ4v) is 3.52. The molecule has 0 aliphatic carbocycles. The van der Waals surface area contributed by atoms with Gasteiger partial charge >= 0.3 is 6.18 Å². The second-order valence-corrected chi connectivity index (χ2v) is 7.21. The zero-order chi connectivity index (χ0) is 17.5. The molecular weight excluding hydrogens is 473 g/mol. The van der Waals surface area contributed by atoms with Crippen molar-refractivity contribution in [2.75, 3.05) is 0 Å². The van der Waals surface area contributed by atoms with Crippen molar-refractivity contribution in [3.63, 3.8) is 0 Å². The molecule has 0 aliphatic heterocycles. The summed E-state index contributed by atoms with van der Waals surface area (Å²) < 4.78 is 39.5. The summed E-state index contributed by atoms with van der Waals surface area (Å²) in [7, 11) is 0. The van der Waals surface area contributed by atoms with Gasteiger partial charge < -0.3 is 0 Å². The monoisotopic (exact) mass is 481 g/mol. The van der Waals surface area contributed by atoms with E-state index >= 15 is 0 Å². The quantitative estimate of drug-likeness (QED) is 0.291. The van der Waals surface area contributed by atoms with Gasteiger partial charge in [0.15, 0.2) is 0 Å². The number of nitrogens with zero attached hydrogens (tertiary/aromatic N) is 1. The Morgan fingerprint density at radius 3 is 2.50 bits per heavy atom. The van der Waals surface area contributed by atoms with Crippen molar-refractivity contribution in [2.45, 2.75) is 12.6 Å². The summed E-state index contributed by atoms with van der Waals surface area (Å²) in [6, 6.07) is 10.7. The van der Waals surface area contributed by atoms with Crippen LogP contribution in [-0.4, -0.2) is 4.98 Å². The molecule has 0 saturated carbocycles. The third-order valence-electron chi connectivity index (χ3n) is 3.56. The molecule has 0 saturated heterocycles. The van der Waals surface area contributed by atoms with E-state index in [0.29, 0.717) is 21.7 Å². The van der Waals surface area contributed by atoms with Crippen LogP contribution in [0.1, 0.15) is 16.7 Å². The van der Waals surface area contributed by atoms with Gasteiger partial charge in [-0.3, -0.25) is 0 Å². The smallest absolute Gasteiger partial charge is 0.236 e. The number of halogens is 6. The molecule has 0 unspecified atom stereocenters. The first kappa shape index (κ1) is 17.8. The van der Waals surface area contributed by atoms with E-state index in [1.807, 2.05) is 18.2 Å². The van der Waals surface area contributed by atoms with Gasteiger partial charge in [-0.05, 0) is 52.4 Å². The normalized spacial score (nSPS) is 11.9. The molecule has 3 aromatic rings. The molecule has 0 bridgehead atoms. The maximum absolute atomic E-state index is 12.9. The minimum absolute atomic E-state index is 0.177. The van der Waals surface area contributed by atoms with Crippen LogP contribution in [0.4, 0.5) is 13.2 Å². The van der Waals surface area contributed by atoms with E-state index in [2.05, 4.69) is 27.6 Å². The van der Waals surface area contributed by atoms with Crippen LogP contribution < -0.4 is 0 Å². The Morgan fingerprint density at radius 2 is 1.79 bits per heavy atom. The summed E-state index contributed by atoms with van der Waals surface area (Å²) in [5.41, 5.74) is 0.946. The molecule has 0 N–H and O–H groups in total. The lowest BCUT2D eigenvalue weighted by Crippen LogP contribution is -2.05. The molecule has 0 atom stereocenters. The first-order valence-corrected chi connectivity index (χ1v) is 8.68. The molecule has 1 heterocycles. The minimum atomic E-state index is -4.39. The Bertz CT molecular complexity index is 926. The van der Waals surface area contributed by atoms with Gasteiger partial charge in [-0.15, -0.1) is 0 Å². The van der Waals surface area contributed by atoms with Crippen molar-refractivity contribution in [1.29, 1.82) is 0 Å². The van der Waals surface area contributed by atoms with E-state index in [1.165, 1.54) is 6.07 Å². The minimum Gasteiger partial charge on any atom is -0.236 e. The van der Waals surface area contributed by atoms with Gasteiger partial charge in [0, 0.05) is 20.9 Å². The molecule has 0 amide bonds. The first-order valence-electron chi connectivity index (χ1n) is 6.85. The molecule has 0 fully saturated rings. The highest BCUT2D eigenvalue weighted by Gasteiger charge is 2.30. The fourth-order valence-electron chi connectivity index (χ4n) is 2.42. The zero-order valence-corrected chi connectivity index (χ0v) is 15.6. The third kappa shape index (κ3) is 3.63. The zero-order valence-electron chi connectivity index (χ0n) is 12.0. The Labute approximate surface area is 159 Å². The maximum Gasteiger partial charge on any atom is 0.416 e. The number of pyridine rings is 1. The topological polar surface area (TPSA) is 12.9 Å². The van der Waals surface area contributed by atoms with Crippen molar-refractivity contribution in [2.24, 2.45) is 0 Å². The lowest BCUT2D eigenvalue weighted by atomic mass is 10.0. The van der Waals surface area contributed by atoms with Crippen LogP contribution >= 0.6 is 45.8 Å². The highest BCUT2D eigenvalue weighted by atomic mass is 127. The molecule has 1 nitrogen and oxygen atoms in total. The lowest BCUT2D eigenvalue weighted by Gasteiger charge is -2.12.